The standard InChI is InChI=1S/C10H23N3.C4H13N3/c11-6-8-13(9-7-12)10-4-2-1-3-5-10;5-1-3-7-4-2-6/h10H,1-9,11-12H2;7H,1-6H2. The highest BCUT2D eigenvalue weighted by Crippen LogP contribution is 2.21. The second-order valence-electron chi connectivity index (χ2n) is 5.23. The van der Waals surface area contributed by atoms with Gasteiger partial charge in [0, 0.05) is 58.4 Å². The van der Waals surface area contributed by atoms with E-state index < -0.39 is 0 Å². The van der Waals surface area contributed by atoms with Crippen LogP contribution < -0.4 is 28.3 Å². The van der Waals surface area contributed by atoms with Gasteiger partial charge in [-0.15, -0.1) is 0 Å². The number of rotatable bonds is 9. The average molecular weight is 288 g/mol. The highest BCUT2D eigenvalue weighted by molar-refractivity contribution is 4.76. The molecule has 1 aliphatic rings. The Hall–Kier alpha value is -0.240. The molecule has 9 N–H and O–H groups in total. The third kappa shape index (κ3) is 10.5. The lowest BCUT2D eigenvalue weighted by molar-refractivity contribution is 0.164. The summed E-state index contributed by atoms with van der Waals surface area (Å²) in [4.78, 5) is 2.47. The van der Waals surface area contributed by atoms with Crippen molar-refractivity contribution >= 4 is 0 Å². The van der Waals surface area contributed by atoms with E-state index in [-0.39, 0.29) is 0 Å². The summed E-state index contributed by atoms with van der Waals surface area (Å²) in [5.41, 5.74) is 21.5. The minimum Gasteiger partial charge on any atom is -0.329 e. The fourth-order valence-corrected chi connectivity index (χ4v) is 2.58. The molecule has 6 nitrogen and oxygen atoms in total. The number of hydrogen-bond acceptors (Lipinski definition) is 6. The van der Waals surface area contributed by atoms with E-state index in [9.17, 15) is 0 Å². The zero-order valence-corrected chi connectivity index (χ0v) is 13.0. The molecule has 0 atom stereocenters. The smallest absolute Gasteiger partial charge is 0.0108 e. The molecule has 1 fully saturated rings. The van der Waals surface area contributed by atoms with Crippen molar-refractivity contribution in [2.45, 2.75) is 38.1 Å². The van der Waals surface area contributed by atoms with E-state index >= 15 is 0 Å². The Kier molecular flexibility index (Phi) is 15.0. The lowest BCUT2D eigenvalue weighted by Crippen LogP contribution is -2.42. The highest BCUT2D eigenvalue weighted by atomic mass is 15.2. The third-order valence-corrected chi connectivity index (χ3v) is 3.57. The summed E-state index contributed by atoms with van der Waals surface area (Å²) in [6, 6.07) is 0.765. The van der Waals surface area contributed by atoms with Gasteiger partial charge in [-0.05, 0) is 12.8 Å². The van der Waals surface area contributed by atoms with Crippen LogP contribution in [-0.2, 0) is 0 Å². The molecule has 1 saturated carbocycles. The van der Waals surface area contributed by atoms with Crippen molar-refractivity contribution in [1.82, 2.24) is 10.2 Å². The van der Waals surface area contributed by atoms with Gasteiger partial charge in [-0.25, -0.2) is 0 Å². The zero-order valence-electron chi connectivity index (χ0n) is 13.0. The Bertz CT molecular complexity index is 175. The van der Waals surface area contributed by atoms with Gasteiger partial charge in [0.1, 0.15) is 0 Å². The van der Waals surface area contributed by atoms with Gasteiger partial charge in [-0.3, -0.25) is 4.90 Å². The van der Waals surface area contributed by atoms with Gasteiger partial charge < -0.3 is 28.3 Å². The number of hydrogen-bond donors (Lipinski definition) is 5. The minimum absolute atomic E-state index is 0.694. The van der Waals surface area contributed by atoms with Crippen LogP contribution in [0, 0.1) is 0 Å². The molecule has 20 heavy (non-hydrogen) atoms. The monoisotopic (exact) mass is 288 g/mol. The van der Waals surface area contributed by atoms with Crippen molar-refractivity contribution < 1.29 is 0 Å². The second-order valence-corrected chi connectivity index (χ2v) is 5.23. The molecule has 0 bridgehead atoms. The van der Waals surface area contributed by atoms with Crippen molar-refractivity contribution in [2.75, 3.05) is 52.4 Å². The van der Waals surface area contributed by atoms with Crippen LogP contribution in [0.5, 0.6) is 0 Å². The summed E-state index contributed by atoms with van der Waals surface area (Å²) in [5.74, 6) is 0. The van der Waals surface area contributed by atoms with Gasteiger partial charge in [-0.1, -0.05) is 19.3 Å². The van der Waals surface area contributed by atoms with E-state index in [1.807, 2.05) is 0 Å². The lowest BCUT2D eigenvalue weighted by atomic mass is 9.94. The molecular formula is C14H36N6. The molecular weight excluding hydrogens is 252 g/mol. The van der Waals surface area contributed by atoms with Crippen molar-refractivity contribution in [3.8, 4) is 0 Å². The fourth-order valence-electron chi connectivity index (χ4n) is 2.58. The molecule has 122 valence electrons. The molecule has 0 aliphatic heterocycles. The maximum atomic E-state index is 5.58. The maximum absolute atomic E-state index is 5.58. The van der Waals surface area contributed by atoms with Crippen LogP contribution in [0.2, 0.25) is 0 Å². The van der Waals surface area contributed by atoms with Gasteiger partial charge in [-0.2, -0.15) is 0 Å². The van der Waals surface area contributed by atoms with Crippen LogP contribution in [-0.4, -0.2) is 63.3 Å². The van der Waals surface area contributed by atoms with Crippen LogP contribution in [0.1, 0.15) is 32.1 Å². The number of nitrogens with one attached hydrogen (secondary N) is 1. The summed E-state index contributed by atoms with van der Waals surface area (Å²) in [6.07, 6.45) is 6.88. The first-order chi connectivity index (χ1) is 9.79. The summed E-state index contributed by atoms with van der Waals surface area (Å²) >= 11 is 0. The summed E-state index contributed by atoms with van der Waals surface area (Å²) < 4.78 is 0. The van der Waals surface area contributed by atoms with Gasteiger partial charge in [0.25, 0.3) is 0 Å². The van der Waals surface area contributed by atoms with Crippen molar-refractivity contribution in [1.29, 1.82) is 0 Å². The molecule has 0 amide bonds. The fraction of sp³-hybridized carbons (Fsp3) is 1.00. The summed E-state index contributed by atoms with van der Waals surface area (Å²) in [7, 11) is 0. The molecule has 0 aromatic carbocycles. The molecule has 0 heterocycles. The molecule has 0 aromatic rings. The van der Waals surface area contributed by atoms with Crippen LogP contribution in [0.4, 0.5) is 0 Å². The summed E-state index contributed by atoms with van der Waals surface area (Å²) in [6.45, 7) is 6.69. The topological polar surface area (TPSA) is 119 Å². The second kappa shape index (κ2) is 15.2. The predicted octanol–water partition coefficient (Wildman–Crippen LogP) is -0.968. The highest BCUT2D eigenvalue weighted by Gasteiger charge is 2.19. The van der Waals surface area contributed by atoms with Crippen LogP contribution >= 0.6 is 0 Å². The van der Waals surface area contributed by atoms with Crippen molar-refractivity contribution in [2.24, 2.45) is 22.9 Å². The van der Waals surface area contributed by atoms with E-state index in [2.05, 4.69) is 10.2 Å². The first-order valence-corrected chi connectivity index (χ1v) is 8.05. The van der Waals surface area contributed by atoms with E-state index in [1.54, 1.807) is 0 Å². The first kappa shape index (κ1) is 19.8. The van der Waals surface area contributed by atoms with Gasteiger partial charge in [0.05, 0.1) is 0 Å². The van der Waals surface area contributed by atoms with Gasteiger partial charge >= 0.3 is 0 Å². The molecule has 1 rings (SSSR count). The Morgan fingerprint density at radius 1 is 0.750 bits per heavy atom. The molecule has 0 spiro atoms. The van der Waals surface area contributed by atoms with E-state index in [4.69, 9.17) is 22.9 Å². The number of nitrogens with two attached hydrogens (primary N) is 4. The van der Waals surface area contributed by atoms with Crippen LogP contribution in [0.3, 0.4) is 0 Å². The quantitative estimate of drug-likeness (QED) is 0.348. The average Bonchev–Trinajstić information content (AvgIpc) is 2.49. The van der Waals surface area contributed by atoms with Gasteiger partial charge in [0.15, 0.2) is 0 Å². The molecule has 0 saturated heterocycles. The Labute approximate surface area is 124 Å². The third-order valence-electron chi connectivity index (χ3n) is 3.57. The Morgan fingerprint density at radius 2 is 1.25 bits per heavy atom. The van der Waals surface area contributed by atoms with E-state index in [0.717, 1.165) is 45.3 Å². The molecule has 0 unspecified atom stereocenters. The van der Waals surface area contributed by atoms with Gasteiger partial charge in [0.2, 0.25) is 0 Å². The predicted molar refractivity (Wildman–Crippen MR) is 87.5 cm³/mol. The number of nitrogens with zero attached hydrogens (tertiary/aromatic N) is 1. The lowest BCUT2D eigenvalue weighted by Gasteiger charge is -2.33. The first-order valence-electron chi connectivity index (χ1n) is 8.05. The van der Waals surface area contributed by atoms with Crippen LogP contribution in [0.15, 0.2) is 0 Å². The maximum Gasteiger partial charge on any atom is 0.0108 e. The summed E-state index contributed by atoms with van der Waals surface area (Å²) in [5, 5.41) is 3.03. The molecule has 6 heteroatoms. The Balaban J connectivity index is 0.000000441. The largest absolute Gasteiger partial charge is 0.329 e. The molecule has 1 aliphatic carbocycles. The SMILES string of the molecule is NCCN(CCN)C1CCCCC1.NCCNCCN. The molecule has 0 radical (unpaired) electrons. The van der Waals surface area contributed by atoms with Crippen molar-refractivity contribution in [3.63, 3.8) is 0 Å². The Morgan fingerprint density at radius 3 is 1.65 bits per heavy atom. The zero-order chi connectivity index (χ0) is 15.1. The minimum atomic E-state index is 0.694. The van der Waals surface area contributed by atoms with E-state index in [1.165, 1.54) is 32.1 Å². The normalized spacial score (nSPS) is 16.1. The van der Waals surface area contributed by atoms with Crippen LogP contribution in [0.25, 0.3) is 0 Å². The van der Waals surface area contributed by atoms with Crippen molar-refractivity contribution in [3.05, 3.63) is 0 Å². The molecule has 0 aromatic heterocycles. The van der Waals surface area contributed by atoms with E-state index in [0.29, 0.717) is 13.1 Å².